The first-order valence-electron chi connectivity index (χ1n) is 8.19. The average Bonchev–Trinajstić information content (AvgIpc) is 2.92. The highest BCUT2D eigenvalue weighted by molar-refractivity contribution is 5.39. The fraction of sp³-hybridized carbons (Fsp3) is 0.667. The highest BCUT2D eigenvalue weighted by atomic mass is 16.5. The maximum Gasteiger partial charge on any atom is 0.122 e. The van der Waals surface area contributed by atoms with Gasteiger partial charge in [-0.15, -0.1) is 0 Å². The number of nitrogens with one attached hydrogen (secondary N) is 1. The number of rotatable bonds is 9. The zero-order valence-corrected chi connectivity index (χ0v) is 13.7. The van der Waals surface area contributed by atoms with Gasteiger partial charge in [0, 0.05) is 26.2 Å². The Balaban J connectivity index is 1.86. The van der Waals surface area contributed by atoms with Crippen LogP contribution in [0.1, 0.15) is 37.8 Å². The Morgan fingerprint density at radius 2 is 2.24 bits per heavy atom. The topological polar surface area (TPSA) is 30.5 Å². The van der Waals surface area contributed by atoms with Gasteiger partial charge in [-0.2, -0.15) is 0 Å². The largest absolute Gasteiger partial charge is 0.493 e. The van der Waals surface area contributed by atoms with Crippen molar-refractivity contribution in [3.05, 3.63) is 29.3 Å². The standard InChI is InChI=1S/C18H29NO2/c1-4-19-17(11-14(2)13-20-3)7-5-15-6-8-18-16(12-15)9-10-21-18/h6,8,12,14,17,19H,4-5,7,9-11,13H2,1-3H3. The molecule has 0 bridgehead atoms. The van der Waals surface area contributed by atoms with Crippen molar-refractivity contribution < 1.29 is 9.47 Å². The SMILES string of the molecule is CCNC(CCc1ccc2c(c1)CCO2)CC(C)COC. The lowest BCUT2D eigenvalue weighted by Crippen LogP contribution is -2.32. The molecule has 1 N–H and O–H groups in total. The minimum Gasteiger partial charge on any atom is -0.493 e. The smallest absolute Gasteiger partial charge is 0.122 e. The Kier molecular flexibility index (Phi) is 6.52. The summed E-state index contributed by atoms with van der Waals surface area (Å²) < 4.78 is 10.8. The zero-order chi connectivity index (χ0) is 15.1. The van der Waals surface area contributed by atoms with E-state index in [0.717, 1.165) is 38.3 Å². The van der Waals surface area contributed by atoms with E-state index in [-0.39, 0.29) is 0 Å². The third-order valence-corrected chi connectivity index (χ3v) is 4.17. The number of ether oxygens (including phenoxy) is 2. The summed E-state index contributed by atoms with van der Waals surface area (Å²) in [6, 6.07) is 7.24. The van der Waals surface area contributed by atoms with Gasteiger partial charge in [-0.1, -0.05) is 26.0 Å². The molecular formula is C18H29NO2. The van der Waals surface area contributed by atoms with E-state index in [1.807, 2.05) is 0 Å². The normalized spacial score (nSPS) is 16.3. The maximum absolute atomic E-state index is 5.57. The van der Waals surface area contributed by atoms with Crippen LogP contribution in [0.25, 0.3) is 0 Å². The second kappa shape index (κ2) is 8.40. The fourth-order valence-corrected chi connectivity index (χ4v) is 3.17. The molecule has 0 spiro atoms. The van der Waals surface area contributed by atoms with Crippen LogP contribution in [-0.4, -0.2) is 32.9 Å². The minimum atomic E-state index is 0.574. The molecule has 3 heteroatoms. The van der Waals surface area contributed by atoms with Crippen molar-refractivity contribution in [3.8, 4) is 5.75 Å². The molecule has 118 valence electrons. The van der Waals surface area contributed by atoms with E-state index in [0.29, 0.717) is 12.0 Å². The van der Waals surface area contributed by atoms with Crippen molar-refractivity contribution >= 4 is 0 Å². The highest BCUT2D eigenvalue weighted by Gasteiger charge is 2.15. The zero-order valence-electron chi connectivity index (χ0n) is 13.7. The first-order valence-corrected chi connectivity index (χ1v) is 8.19. The Hall–Kier alpha value is -1.06. The van der Waals surface area contributed by atoms with Crippen molar-refractivity contribution in [2.75, 3.05) is 26.9 Å². The highest BCUT2D eigenvalue weighted by Crippen LogP contribution is 2.26. The summed E-state index contributed by atoms with van der Waals surface area (Å²) in [5.41, 5.74) is 2.81. The number of aryl methyl sites for hydroxylation is 1. The van der Waals surface area contributed by atoms with Gasteiger partial charge in [0.25, 0.3) is 0 Å². The van der Waals surface area contributed by atoms with Crippen molar-refractivity contribution in [1.82, 2.24) is 5.32 Å². The van der Waals surface area contributed by atoms with Crippen molar-refractivity contribution in [3.63, 3.8) is 0 Å². The van der Waals surface area contributed by atoms with Gasteiger partial charge in [-0.3, -0.25) is 0 Å². The molecule has 1 aliphatic heterocycles. The third-order valence-electron chi connectivity index (χ3n) is 4.17. The summed E-state index contributed by atoms with van der Waals surface area (Å²) in [6.07, 6.45) is 4.55. The number of benzene rings is 1. The number of hydrogen-bond acceptors (Lipinski definition) is 3. The van der Waals surface area contributed by atoms with Crippen LogP contribution in [-0.2, 0) is 17.6 Å². The third kappa shape index (κ3) is 5.01. The molecule has 0 amide bonds. The lowest BCUT2D eigenvalue weighted by atomic mass is 9.96. The first-order chi connectivity index (χ1) is 10.2. The molecule has 1 aromatic carbocycles. The number of fused-ring (bicyclic) bond motifs is 1. The molecule has 0 aliphatic carbocycles. The molecule has 2 unspecified atom stereocenters. The van der Waals surface area contributed by atoms with Crippen molar-refractivity contribution in [2.45, 2.75) is 45.6 Å². The van der Waals surface area contributed by atoms with Gasteiger partial charge in [0.15, 0.2) is 0 Å². The summed E-state index contributed by atoms with van der Waals surface area (Å²) in [6.45, 7) is 7.16. The molecule has 0 saturated carbocycles. The lowest BCUT2D eigenvalue weighted by molar-refractivity contribution is 0.148. The average molecular weight is 291 g/mol. The molecule has 0 radical (unpaired) electrons. The minimum absolute atomic E-state index is 0.574. The van der Waals surface area contributed by atoms with E-state index in [2.05, 4.69) is 37.4 Å². The summed E-state index contributed by atoms with van der Waals surface area (Å²) in [4.78, 5) is 0. The van der Waals surface area contributed by atoms with Crippen molar-refractivity contribution in [2.24, 2.45) is 5.92 Å². The van der Waals surface area contributed by atoms with Crippen LogP contribution in [0.15, 0.2) is 18.2 Å². The van der Waals surface area contributed by atoms with Crippen LogP contribution in [0.5, 0.6) is 5.75 Å². The summed E-state index contributed by atoms with van der Waals surface area (Å²) in [7, 11) is 1.78. The fourth-order valence-electron chi connectivity index (χ4n) is 3.17. The van der Waals surface area contributed by atoms with Crippen LogP contribution in [0, 0.1) is 5.92 Å². The molecule has 21 heavy (non-hydrogen) atoms. The van der Waals surface area contributed by atoms with E-state index >= 15 is 0 Å². The Morgan fingerprint density at radius 3 is 3.00 bits per heavy atom. The molecule has 0 fully saturated rings. The predicted octanol–water partition coefficient (Wildman–Crippen LogP) is 3.20. The molecule has 0 aromatic heterocycles. The van der Waals surface area contributed by atoms with Gasteiger partial charge >= 0.3 is 0 Å². The predicted molar refractivity (Wildman–Crippen MR) is 87.1 cm³/mol. The Morgan fingerprint density at radius 1 is 1.38 bits per heavy atom. The van der Waals surface area contributed by atoms with Crippen molar-refractivity contribution in [1.29, 1.82) is 0 Å². The Bertz CT molecular complexity index is 433. The van der Waals surface area contributed by atoms with Gasteiger partial charge in [0.1, 0.15) is 5.75 Å². The molecule has 3 nitrogen and oxygen atoms in total. The number of hydrogen-bond donors (Lipinski definition) is 1. The van der Waals surface area contributed by atoms with Gasteiger partial charge in [-0.05, 0) is 48.9 Å². The van der Waals surface area contributed by atoms with E-state index < -0.39 is 0 Å². The molecule has 2 atom stereocenters. The second-order valence-corrected chi connectivity index (χ2v) is 6.13. The lowest BCUT2D eigenvalue weighted by Gasteiger charge is -2.21. The van der Waals surface area contributed by atoms with Crippen LogP contribution < -0.4 is 10.1 Å². The monoisotopic (exact) mass is 291 g/mol. The maximum atomic E-state index is 5.57. The second-order valence-electron chi connectivity index (χ2n) is 6.13. The van der Waals surface area contributed by atoms with E-state index in [1.54, 1.807) is 7.11 Å². The molecule has 2 rings (SSSR count). The first kappa shape index (κ1) is 16.3. The molecule has 1 aliphatic rings. The molecule has 1 aromatic rings. The van der Waals surface area contributed by atoms with E-state index in [4.69, 9.17) is 9.47 Å². The summed E-state index contributed by atoms with van der Waals surface area (Å²) >= 11 is 0. The molecule has 1 heterocycles. The van der Waals surface area contributed by atoms with E-state index in [1.165, 1.54) is 24.0 Å². The molecule has 0 saturated heterocycles. The summed E-state index contributed by atoms with van der Waals surface area (Å²) in [5, 5.41) is 3.61. The van der Waals surface area contributed by atoms with Gasteiger partial charge < -0.3 is 14.8 Å². The van der Waals surface area contributed by atoms with E-state index in [9.17, 15) is 0 Å². The quantitative estimate of drug-likeness (QED) is 0.758. The van der Waals surface area contributed by atoms with Crippen LogP contribution >= 0.6 is 0 Å². The molecular weight excluding hydrogens is 262 g/mol. The van der Waals surface area contributed by atoms with Gasteiger partial charge in [-0.25, -0.2) is 0 Å². The van der Waals surface area contributed by atoms with Gasteiger partial charge in [0.2, 0.25) is 0 Å². The van der Waals surface area contributed by atoms with Crippen LogP contribution in [0.4, 0.5) is 0 Å². The summed E-state index contributed by atoms with van der Waals surface area (Å²) in [5.74, 6) is 1.68. The Labute approximate surface area is 129 Å². The van der Waals surface area contributed by atoms with Crippen LogP contribution in [0.3, 0.4) is 0 Å². The van der Waals surface area contributed by atoms with Gasteiger partial charge in [0.05, 0.1) is 6.61 Å². The number of methoxy groups -OCH3 is 1. The van der Waals surface area contributed by atoms with Crippen LogP contribution in [0.2, 0.25) is 0 Å².